The molecule has 1 fully saturated rings. The van der Waals surface area contributed by atoms with E-state index in [1.165, 1.54) is 4.70 Å². The summed E-state index contributed by atoms with van der Waals surface area (Å²) in [6, 6.07) is 15.8. The monoisotopic (exact) mass is 382 g/mol. The van der Waals surface area contributed by atoms with Gasteiger partial charge in [0.25, 0.3) is 0 Å². The summed E-state index contributed by atoms with van der Waals surface area (Å²) < 4.78 is 1.17. The number of halogens is 1. The largest absolute Gasteiger partial charge is 0.339 e. The van der Waals surface area contributed by atoms with Crippen LogP contribution in [0.3, 0.4) is 0 Å². The second-order valence-electron chi connectivity index (χ2n) is 6.51. The average molecular weight is 383 g/mol. The molecule has 0 aliphatic carbocycles. The number of benzene rings is 2. The number of carbonyl (C=O) groups excluding carboxylic acids is 1. The number of likely N-dealkylation sites (tertiary alicyclic amines) is 1. The van der Waals surface area contributed by atoms with Gasteiger partial charge >= 0.3 is 0 Å². The van der Waals surface area contributed by atoms with Gasteiger partial charge in [0, 0.05) is 30.1 Å². The molecule has 1 aliphatic heterocycles. The van der Waals surface area contributed by atoms with Gasteiger partial charge < -0.3 is 4.90 Å². The molecule has 1 amide bonds. The van der Waals surface area contributed by atoms with Crippen LogP contribution in [0.15, 0.2) is 54.6 Å². The Balaban J connectivity index is 1.38. The van der Waals surface area contributed by atoms with Gasteiger partial charge in [-0.3, -0.25) is 4.79 Å². The third kappa shape index (κ3) is 3.81. The SMILES string of the molecule is O=C(/C=C/c1ccccc1)N1CCC(c2nc3cc(Cl)ccc3s2)CC1. The van der Waals surface area contributed by atoms with Gasteiger partial charge in [0.15, 0.2) is 0 Å². The van der Waals surface area contributed by atoms with Crippen molar-refractivity contribution in [2.24, 2.45) is 0 Å². The molecule has 5 heteroatoms. The summed E-state index contributed by atoms with van der Waals surface area (Å²) in [6.45, 7) is 1.55. The molecule has 2 aromatic carbocycles. The minimum absolute atomic E-state index is 0.0865. The van der Waals surface area contributed by atoms with E-state index in [0.717, 1.165) is 47.0 Å². The number of nitrogens with zero attached hydrogens (tertiary/aromatic N) is 2. The fourth-order valence-corrected chi connectivity index (χ4v) is 4.56. The molecule has 0 saturated carbocycles. The molecule has 1 aliphatic rings. The summed E-state index contributed by atoms with van der Waals surface area (Å²) >= 11 is 7.80. The highest BCUT2D eigenvalue weighted by Gasteiger charge is 2.25. The number of thiazole rings is 1. The number of rotatable bonds is 3. The zero-order chi connectivity index (χ0) is 17.9. The van der Waals surface area contributed by atoms with Crippen LogP contribution in [0.1, 0.15) is 29.3 Å². The van der Waals surface area contributed by atoms with Crippen LogP contribution in [0.2, 0.25) is 5.02 Å². The van der Waals surface area contributed by atoms with E-state index in [-0.39, 0.29) is 5.91 Å². The van der Waals surface area contributed by atoms with E-state index in [1.807, 2.05) is 59.5 Å². The maximum absolute atomic E-state index is 12.4. The summed E-state index contributed by atoms with van der Waals surface area (Å²) in [7, 11) is 0. The van der Waals surface area contributed by atoms with Gasteiger partial charge in [-0.2, -0.15) is 0 Å². The predicted molar refractivity (Wildman–Crippen MR) is 109 cm³/mol. The quantitative estimate of drug-likeness (QED) is 0.570. The highest BCUT2D eigenvalue weighted by Crippen LogP contribution is 2.34. The fraction of sp³-hybridized carbons (Fsp3) is 0.238. The van der Waals surface area contributed by atoms with Gasteiger partial charge in [-0.05, 0) is 42.7 Å². The molecule has 3 aromatic rings. The summed E-state index contributed by atoms with van der Waals surface area (Å²) in [5.74, 6) is 0.511. The summed E-state index contributed by atoms with van der Waals surface area (Å²) in [5, 5.41) is 1.88. The highest BCUT2D eigenvalue weighted by atomic mass is 35.5. The molecule has 1 saturated heterocycles. The lowest BCUT2D eigenvalue weighted by Gasteiger charge is -2.30. The third-order valence-corrected chi connectivity index (χ3v) is 6.17. The van der Waals surface area contributed by atoms with Crippen LogP contribution in [-0.2, 0) is 4.79 Å². The van der Waals surface area contributed by atoms with E-state index in [1.54, 1.807) is 17.4 Å². The molecule has 0 unspecified atom stereocenters. The van der Waals surface area contributed by atoms with Crippen LogP contribution in [0.4, 0.5) is 0 Å². The van der Waals surface area contributed by atoms with Crippen LogP contribution in [-0.4, -0.2) is 28.9 Å². The number of aromatic nitrogens is 1. The Kier molecular flexibility index (Phi) is 5.05. The van der Waals surface area contributed by atoms with E-state index in [0.29, 0.717) is 5.92 Å². The number of hydrogen-bond acceptors (Lipinski definition) is 3. The van der Waals surface area contributed by atoms with Crippen molar-refractivity contribution in [2.75, 3.05) is 13.1 Å². The fourth-order valence-electron chi connectivity index (χ4n) is 3.28. The molecule has 0 atom stereocenters. The lowest BCUT2D eigenvalue weighted by atomic mass is 9.97. The van der Waals surface area contributed by atoms with Crippen LogP contribution in [0, 0.1) is 0 Å². The zero-order valence-electron chi connectivity index (χ0n) is 14.3. The number of amides is 1. The Morgan fingerprint density at radius 2 is 1.92 bits per heavy atom. The van der Waals surface area contributed by atoms with E-state index in [2.05, 4.69) is 0 Å². The average Bonchev–Trinajstić information content (AvgIpc) is 3.10. The Morgan fingerprint density at radius 3 is 2.69 bits per heavy atom. The topological polar surface area (TPSA) is 33.2 Å². The summed E-state index contributed by atoms with van der Waals surface area (Å²) in [5.41, 5.74) is 2.02. The minimum atomic E-state index is 0.0865. The number of hydrogen-bond donors (Lipinski definition) is 0. The molecule has 1 aromatic heterocycles. The molecule has 0 radical (unpaired) electrons. The lowest BCUT2D eigenvalue weighted by Crippen LogP contribution is -2.36. The van der Waals surface area contributed by atoms with Crippen molar-refractivity contribution in [1.82, 2.24) is 9.88 Å². The van der Waals surface area contributed by atoms with Crippen LogP contribution >= 0.6 is 22.9 Å². The molecule has 132 valence electrons. The minimum Gasteiger partial charge on any atom is -0.339 e. The summed E-state index contributed by atoms with van der Waals surface area (Å²) in [6.07, 6.45) is 5.47. The van der Waals surface area contributed by atoms with E-state index >= 15 is 0 Å². The second kappa shape index (κ2) is 7.60. The molecule has 26 heavy (non-hydrogen) atoms. The molecule has 2 heterocycles. The highest BCUT2D eigenvalue weighted by molar-refractivity contribution is 7.18. The Labute approximate surface area is 161 Å². The van der Waals surface area contributed by atoms with Crippen molar-refractivity contribution in [3.63, 3.8) is 0 Å². The first-order valence-electron chi connectivity index (χ1n) is 8.77. The summed E-state index contributed by atoms with van der Waals surface area (Å²) in [4.78, 5) is 19.1. The zero-order valence-corrected chi connectivity index (χ0v) is 15.8. The standard InChI is InChI=1S/C21H19ClN2OS/c22-17-7-8-19-18(14-17)23-21(26-19)16-10-12-24(13-11-16)20(25)9-6-15-4-2-1-3-5-15/h1-9,14,16H,10-13H2/b9-6+. The van der Waals surface area contributed by atoms with Gasteiger partial charge in [-0.1, -0.05) is 41.9 Å². The van der Waals surface area contributed by atoms with Gasteiger partial charge in [0.2, 0.25) is 5.91 Å². The molecule has 0 N–H and O–H groups in total. The maximum Gasteiger partial charge on any atom is 0.246 e. The van der Waals surface area contributed by atoms with Crippen molar-refractivity contribution in [1.29, 1.82) is 0 Å². The third-order valence-electron chi connectivity index (χ3n) is 4.74. The first kappa shape index (κ1) is 17.3. The van der Waals surface area contributed by atoms with Crippen molar-refractivity contribution in [3.05, 3.63) is 70.2 Å². The molecular weight excluding hydrogens is 364 g/mol. The van der Waals surface area contributed by atoms with E-state index < -0.39 is 0 Å². The van der Waals surface area contributed by atoms with Crippen LogP contribution in [0.25, 0.3) is 16.3 Å². The molecule has 3 nitrogen and oxygen atoms in total. The van der Waals surface area contributed by atoms with Crippen molar-refractivity contribution in [3.8, 4) is 0 Å². The van der Waals surface area contributed by atoms with Gasteiger partial charge in [0.05, 0.1) is 15.2 Å². The van der Waals surface area contributed by atoms with Crippen LogP contribution in [0.5, 0.6) is 0 Å². The van der Waals surface area contributed by atoms with Crippen molar-refractivity contribution in [2.45, 2.75) is 18.8 Å². The van der Waals surface area contributed by atoms with Crippen molar-refractivity contribution < 1.29 is 4.79 Å². The normalized spacial score (nSPS) is 15.8. The Morgan fingerprint density at radius 1 is 1.15 bits per heavy atom. The Bertz CT molecular complexity index is 943. The number of fused-ring (bicyclic) bond motifs is 1. The molecule has 0 bridgehead atoms. The van der Waals surface area contributed by atoms with Crippen LogP contribution < -0.4 is 0 Å². The smallest absolute Gasteiger partial charge is 0.246 e. The second-order valence-corrected chi connectivity index (χ2v) is 8.01. The van der Waals surface area contributed by atoms with E-state index in [9.17, 15) is 4.79 Å². The molecule has 4 rings (SSSR count). The van der Waals surface area contributed by atoms with E-state index in [4.69, 9.17) is 16.6 Å². The van der Waals surface area contributed by atoms with Gasteiger partial charge in [-0.25, -0.2) is 4.98 Å². The first-order chi connectivity index (χ1) is 12.7. The number of piperidine rings is 1. The van der Waals surface area contributed by atoms with Gasteiger partial charge in [0.1, 0.15) is 0 Å². The lowest BCUT2D eigenvalue weighted by molar-refractivity contribution is -0.126. The van der Waals surface area contributed by atoms with Crippen molar-refractivity contribution >= 4 is 45.1 Å². The molecule has 0 spiro atoms. The first-order valence-corrected chi connectivity index (χ1v) is 9.96. The molecular formula is C21H19ClN2OS. The predicted octanol–water partition coefficient (Wildman–Crippen LogP) is 5.37. The maximum atomic E-state index is 12.4. The number of carbonyl (C=O) groups is 1. The Hall–Kier alpha value is -2.17. The van der Waals surface area contributed by atoms with Gasteiger partial charge in [-0.15, -0.1) is 11.3 Å².